The lowest BCUT2D eigenvalue weighted by Crippen LogP contribution is -2.52. The third kappa shape index (κ3) is 3.54. The molecule has 6 rings (SSSR count). The van der Waals surface area contributed by atoms with Crippen LogP contribution in [-0.4, -0.2) is 74.4 Å². The Morgan fingerprint density at radius 2 is 1.67 bits per heavy atom. The number of amides is 2. The van der Waals surface area contributed by atoms with Crippen LogP contribution < -0.4 is 4.90 Å². The normalized spacial score (nSPS) is 25.2. The number of benzene rings is 2. The molecule has 0 aromatic heterocycles. The first-order chi connectivity index (χ1) is 17.1. The van der Waals surface area contributed by atoms with Crippen LogP contribution in [0.2, 0.25) is 0 Å². The molecule has 188 valence electrons. The molecule has 2 aromatic carbocycles. The van der Waals surface area contributed by atoms with Crippen molar-refractivity contribution in [1.82, 2.24) is 9.21 Å². The Labute approximate surface area is 209 Å². The van der Waals surface area contributed by atoms with Gasteiger partial charge < -0.3 is 14.5 Å². The van der Waals surface area contributed by atoms with E-state index in [0.29, 0.717) is 30.8 Å². The molecule has 1 spiro atoms. The fraction of sp³-hybridized carbons (Fsp3) is 0.423. The van der Waals surface area contributed by atoms with Crippen molar-refractivity contribution in [1.29, 1.82) is 0 Å². The van der Waals surface area contributed by atoms with Gasteiger partial charge in [-0.2, -0.15) is 4.31 Å². The average Bonchev–Trinajstić information content (AvgIpc) is 3.49. The highest BCUT2D eigenvalue weighted by Gasteiger charge is 2.57. The summed E-state index contributed by atoms with van der Waals surface area (Å²) in [6.07, 6.45) is 3.18. The number of likely N-dealkylation sites (tertiary alicyclic amines) is 1. The molecule has 3 heterocycles. The van der Waals surface area contributed by atoms with E-state index < -0.39 is 21.0 Å². The number of ether oxygens (including phenoxy) is 1. The maximum atomic E-state index is 13.7. The van der Waals surface area contributed by atoms with Crippen molar-refractivity contribution >= 4 is 33.5 Å². The Morgan fingerprint density at radius 3 is 2.33 bits per heavy atom. The van der Waals surface area contributed by atoms with Gasteiger partial charge in [0.1, 0.15) is 0 Å². The number of carbonyl (C=O) groups excluding carboxylic acids is 3. The Morgan fingerprint density at radius 1 is 0.944 bits per heavy atom. The van der Waals surface area contributed by atoms with Gasteiger partial charge >= 0.3 is 5.97 Å². The average molecular weight is 510 g/mol. The summed E-state index contributed by atoms with van der Waals surface area (Å²) in [6.45, 7) is 1.24. The van der Waals surface area contributed by atoms with Crippen LogP contribution in [-0.2, 0) is 35.4 Å². The summed E-state index contributed by atoms with van der Waals surface area (Å²) >= 11 is 0. The molecule has 9 nitrogen and oxygen atoms in total. The van der Waals surface area contributed by atoms with Crippen molar-refractivity contribution in [3.8, 4) is 0 Å². The number of piperazine rings is 1. The zero-order valence-electron chi connectivity index (χ0n) is 20.0. The lowest BCUT2D eigenvalue weighted by molar-refractivity contribution is -0.134. The molecule has 2 amide bonds. The predicted molar refractivity (Wildman–Crippen MR) is 131 cm³/mol. The van der Waals surface area contributed by atoms with Gasteiger partial charge in [0.2, 0.25) is 21.8 Å². The van der Waals surface area contributed by atoms with E-state index in [2.05, 4.69) is 0 Å². The van der Waals surface area contributed by atoms with Crippen LogP contribution in [0.4, 0.5) is 5.69 Å². The smallest absolute Gasteiger partial charge is 0.339 e. The first-order valence-corrected chi connectivity index (χ1v) is 14.0. The second-order valence-electron chi connectivity index (χ2n) is 10.2. The minimum atomic E-state index is -3.41. The highest BCUT2D eigenvalue weighted by molar-refractivity contribution is 7.88. The number of hydrogen-bond donors (Lipinski definition) is 0. The summed E-state index contributed by atoms with van der Waals surface area (Å²) in [5.74, 6) is -0.556. The molecule has 2 saturated heterocycles. The van der Waals surface area contributed by atoms with Crippen LogP contribution >= 0.6 is 0 Å². The lowest BCUT2D eigenvalue weighted by Gasteiger charge is -2.33. The number of nitrogens with zero attached hydrogens (tertiary/aromatic N) is 3. The minimum absolute atomic E-state index is 0.0467. The summed E-state index contributed by atoms with van der Waals surface area (Å²) in [7, 11) is -3.41. The van der Waals surface area contributed by atoms with Crippen LogP contribution in [0.1, 0.15) is 40.7 Å². The van der Waals surface area contributed by atoms with E-state index in [1.807, 2.05) is 47.4 Å². The topological polar surface area (TPSA) is 104 Å². The molecule has 0 radical (unpaired) electrons. The number of esters is 1. The summed E-state index contributed by atoms with van der Waals surface area (Å²) in [5.41, 5.74) is 1.68. The number of carbonyl (C=O) groups is 3. The van der Waals surface area contributed by atoms with E-state index in [4.69, 9.17) is 4.74 Å². The highest BCUT2D eigenvalue weighted by atomic mass is 32.2. The van der Waals surface area contributed by atoms with Crippen molar-refractivity contribution in [2.24, 2.45) is 0 Å². The van der Waals surface area contributed by atoms with E-state index in [1.165, 1.54) is 4.31 Å². The second-order valence-corrected chi connectivity index (χ2v) is 12.2. The maximum Gasteiger partial charge on any atom is 0.339 e. The van der Waals surface area contributed by atoms with Gasteiger partial charge in [0.05, 0.1) is 30.3 Å². The monoisotopic (exact) mass is 509 g/mol. The molecule has 4 aliphatic rings. The number of rotatable bonds is 4. The molecule has 2 aromatic rings. The first-order valence-electron chi connectivity index (χ1n) is 12.1. The molecule has 1 saturated carbocycles. The van der Waals surface area contributed by atoms with Crippen LogP contribution in [0, 0.1) is 0 Å². The third-order valence-corrected chi connectivity index (χ3v) is 9.24. The second kappa shape index (κ2) is 7.88. The molecular weight excluding hydrogens is 482 g/mol. The molecule has 10 heteroatoms. The standard InChI is InChI=1S/C26H27N3O6S/c1-36(33,34)28-14-15-29(22(30)16-28)19-8-6-18(7-9-19)25(10-11-25)24(32)27-13-12-26(17-27)21-5-3-2-4-20(21)23(31)35-26/h2-9H,10-17H2,1H3. The van der Waals surface area contributed by atoms with Gasteiger partial charge in [0, 0.05) is 37.3 Å². The third-order valence-electron chi connectivity index (χ3n) is 7.99. The maximum absolute atomic E-state index is 13.7. The molecule has 1 unspecified atom stereocenters. The number of fused-ring (bicyclic) bond motifs is 2. The summed E-state index contributed by atoms with van der Waals surface area (Å²) in [6, 6.07) is 14.8. The number of anilines is 1. The van der Waals surface area contributed by atoms with Gasteiger partial charge in [-0.25, -0.2) is 13.2 Å². The van der Waals surface area contributed by atoms with Crippen molar-refractivity contribution in [2.75, 3.05) is 43.9 Å². The fourth-order valence-electron chi connectivity index (χ4n) is 5.83. The fourth-order valence-corrected chi connectivity index (χ4v) is 6.58. The molecule has 1 atom stereocenters. The van der Waals surface area contributed by atoms with Crippen molar-refractivity contribution in [2.45, 2.75) is 30.3 Å². The largest absolute Gasteiger partial charge is 0.449 e. The number of sulfonamides is 1. The van der Waals surface area contributed by atoms with Gasteiger partial charge in [-0.3, -0.25) is 9.59 Å². The van der Waals surface area contributed by atoms with E-state index in [0.717, 1.165) is 30.2 Å². The van der Waals surface area contributed by atoms with Crippen LogP contribution in [0.5, 0.6) is 0 Å². The van der Waals surface area contributed by atoms with E-state index >= 15 is 0 Å². The minimum Gasteiger partial charge on any atom is -0.449 e. The van der Waals surface area contributed by atoms with Gasteiger partial charge in [-0.1, -0.05) is 30.3 Å². The lowest BCUT2D eigenvalue weighted by atomic mass is 9.91. The van der Waals surface area contributed by atoms with E-state index in [-0.39, 0.29) is 37.4 Å². The van der Waals surface area contributed by atoms with Gasteiger partial charge in [0.25, 0.3) is 0 Å². The Balaban J connectivity index is 1.18. The highest BCUT2D eigenvalue weighted by Crippen LogP contribution is 2.52. The van der Waals surface area contributed by atoms with Crippen LogP contribution in [0.3, 0.4) is 0 Å². The van der Waals surface area contributed by atoms with E-state index in [1.54, 1.807) is 11.0 Å². The van der Waals surface area contributed by atoms with Crippen molar-refractivity contribution < 1.29 is 27.5 Å². The number of hydrogen-bond acceptors (Lipinski definition) is 6. The Hall–Kier alpha value is -3.24. The summed E-state index contributed by atoms with van der Waals surface area (Å²) < 4.78 is 30.5. The first kappa shape index (κ1) is 23.2. The molecule has 3 fully saturated rings. The Kier molecular flexibility index (Phi) is 5.07. The SMILES string of the molecule is CS(=O)(=O)N1CCN(c2ccc(C3(C(=O)N4CCC5(C4)OC(=O)c4ccccc45)CC3)cc2)C(=O)C1. The van der Waals surface area contributed by atoms with E-state index in [9.17, 15) is 22.8 Å². The molecule has 36 heavy (non-hydrogen) atoms. The van der Waals surface area contributed by atoms with Crippen LogP contribution in [0.25, 0.3) is 0 Å². The zero-order valence-corrected chi connectivity index (χ0v) is 20.8. The molecule has 3 aliphatic heterocycles. The van der Waals surface area contributed by atoms with Gasteiger partial charge in [-0.05, 0) is 36.6 Å². The van der Waals surface area contributed by atoms with Gasteiger partial charge in [0.15, 0.2) is 5.60 Å². The molecular formula is C26H27N3O6S. The zero-order chi connectivity index (χ0) is 25.3. The molecule has 0 N–H and O–H groups in total. The van der Waals surface area contributed by atoms with Crippen molar-refractivity contribution in [3.63, 3.8) is 0 Å². The summed E-state index contributed by atoms with van der Waals surface area (Å²) in [5, 5.41) is 0. The predicted octanol–water partition coefficient (Wildman–Crippen LogP) is 1.62. The molecule has 0 bridgehead atoms. The summed E-state index contributed by atoms with van der Waals surface area (Å²) in [4.78, 5) is 42.1. The van der Waals surface area contributed by atoms with Crippen LogP contribution in [0.15, 0.2) is 48.5 Å². The van der Waals surface area contributed by atoms with Crippen molar-refractivity contribution in [3.05, 3.63) is 65.2 Å². The molecule has 1 aliphatic carbocycles. The Bertz CT molecular complexity index is 1380. The quantitative estimate of drug-likeness (QED) is 0.581. The van der Waals surface area contributed by atoms with Gasteiger partial charge in [-0.15, -0.1) is 0 Å².